The van der Waals surface area contributed by atoms with Crippen LogP contribution in [0.25, 0.3) is 0 Å². The summed E-state index contributed by atoms with van der Waals surface area (Å²) in [5.41, 5.74) is 7.71. The topological polar surface area (TPSA) is 74.7 Å². The number of nitrogens with one attached hydrogen (secondary N) is 1. The summed E-state index contributed by atoms with van der Waals surface area (Å²) in [6, 6.07) is 15.2. The molecule has 2 aromatic rings. The Balaban J connectivity index is 1.97. The normalized spacial score (nSPS) is 11.6. The maximum absolute atomic E-state index is 8.79. The summed E-state index contributed by atoms with van der Waals surface area (Å²) in [6.07, 6.45) is 1.61. The van der Waals surface area contributed by atoms with Crippen molar-refractivity contribution in [1.82, 2.24) is 4.98 Å². The zero-order valence-electron chi connectivity index (χ0n) is 9.88. The Hall–Kier alpha value is -2.38. The summed E-state index contributed by atoms with van der Waals surface area (Å²) < 4.78 is 0. The third kappa shape index (κ3) is 3.06. The van der Waals surface area contributed by atoms with Gasteiger partial charge in [0.1, 0.15) is 5.82 Å². The van der Waals surface area contributed by atoms with Crippen LogP contribution in [0, 0.1) is 11.3 Å². The molecule has 18 heavy (non-hydrogen) atoms. The number of hydrogen-bond donors (Lipinski definition) is 2. The van der Waals surface area contributed by atoms with E-state index in [2.05, 4.69) is 16.4 Å². The lowest BCUT2D eigenvalue weighted by molar-refractivity contribution is 0.762. The van der Waals surface area contributed by atoms with Crippen LogP contribution < -0.4 is 11.1 Å². The zero-order valence-corrected chi connectivity index (χ0v) is 9.88. The minimum atomic E-state index is -0.0984. The Morgan fingerprint density at radius 2 is 2.06 bits per heavy atom. The Bertz CT molecular complexity index is 545. The summed E-state index contributed by atoms with van der Waals surface area (Å²) in [5.74, 6) is 0.667. The number of anilines is 1. The van der Waals surface area contributed by atoms with E-state index in [0.29, 0.717) is 17.9 Å². The van der Waals surface area contributed by atoms with Gasteiger partial charge in [0.05, 0.1) is 11.6 Å². The van der Waals surface area contributed by atoms with Crippen LogP contribution in [0.3, 0.4) is 0 Å². The van der Waals surface area contributed by atoms with Gasteiger partial charge in [-0.05, 0) is 17.7 Å². The minimum Gasteiger partial charge on any atom is -0.368 e. The lowest BCUT2D eigenvalue weighted by atomic mass is 10.1. The summed E-state index contributed by atoms with van der Waals surface area (Å²) in [6.45, 7) is 0.575. The fraction of sp³-hybridized carbons (Fsp3) is 0.143. The van der Waals surface area contributed by atoms with E-state index in [1.807, 2.05) is 30.3 Å². The molecular formula is C14H14N4. The molecule has 0 saturated heterocycles. The molecule has 4 nitrogen and oxygen atoms in total. The van der Waals surface area contributed by atoms with Crippen molar-refractivity contribution in [3.8, 4) is 6.07 Å². The smallest absolute Gasteiger partial charge is 0.127 e. The first-order chi connectivity index (χ1) is 8.79. The molecule has 0 spiro atoms. The molecule has 1 atom stereocenters. The molecule has 0 saturated carbocycles. The fourth-order valence-electron chi connectivity index (χ4n) is 1.63. The standard InChI is InChI=1S/C14H14N4/c15-9-11-6-7-17-14(8-11)18-10-13(16)12-4-2-1-3-5-12/h1-8,13H,10,16H2,(H,17,18). The molecule has 1 aromatic carbocycles. The minimum absolute atomic E-state index is 0.0984. The van der Waals surface area contributed by atoms with Gasteiger partial charge in [-0.3, -0.25) is 0 Å². The first-order valence-electron chi connectivity index (χ1n) is 5.70. The number of hydrogen-bond acceptors (Lipinski definition) is 4. The number of benzene rings is 1. The molecule has 2 rings (SSSR count). The molecule has 1 aromatic heterocycles. The fourth-order valence-corrected chi connectivity index (χ4v) is 1.63. The van der Waals surface area contributed by atoms with Gasteiger partial charge in [0.25, 0.3) is 0 Å². The number of rotatable bonds is 4. The SMILES string of the molecule is N#Cc1ccnc(NCC(N)c2ccccc2)c1. The average molecular weight is 238 g/mol. The van der Waals surface area contributed by atoms with Crippen LogP contribution in [0.2, 0.25) is 0 Å². The number of aromatic nitrogens is 1. The van der Waals surface area contributed by atoms with E-state index in [9.17, 15) is 0 Å². The van der Waals surface area contributed by atoms with Crippen molar-refractivity contribution in [2.45, 2.75) is 6.04 Å². The molecule has 4 heteroatoms. The molecule has 1 unspecified atom stereocenters. The Labute approximate surface area is 106 Å². The maximum Gasteiger partial charge on any atom is 0.127 e. The molecule has 0 fully saturated rings. The van der Waals surface area contributed by atoms with Crippen LogP contribution in [0.5, 0.6) is 0 Å². The van der Waals surface area contributed by atoms with Crippen LogP contribution in [-0.2, 0) is 0 Å². The highest BCUT2D eigenvalue weighted by molar-refractivity contribution is 5.42. The van der Waals surface area contributed by atoms with Crippen molar-refractivity contribution in [1.29, 1.82) is 5.26 Å². The molecule has 0 radical (unpaired) electrons. The van der Waals surface area contributed by atoms with Gasteiger partial charge in [-0.25, -0.2) is 4.98 Å². The lowest BCUT2D eigenvalue weighted by Gasteiger charge is -2.13. The number of nitrogens with two attached hydrogens (primary N) is 1. The highest BCUT2D eigenvalue weighted by Gasteiger charge is 2.05. The van der Waals surface area contributed by atoms with Crippen LogP contribution >= 0.6 is 0 Å². The Morgan fingerprint density at radius 3 is 2.78 bits per heavy atom. The Kier molecular flexibility index (Phi) is 3.90. The molecular weight excluding hydrogens is 224 g/mol. The van der Waals surface area contributed by atoms with Gasteiger partial charge >= 0.3 is 0 Å². The van der Waals surface area contributed by atoms with E-state index >= 15 is 0 Å². The van der Waals surface area contributed by atoms with Crippen molar-refractivity contribution in [3.05, 3.63) is 59.8 Å². The largest absolute Gasteiger partial charge is 0.368 e. The van der Waals surface area contributed by atoms with Crippen molar-refractivity contribution in [2.75, 3.05) is 11.9 Å². The third-order valence-electron chi connectivity index (χ3n) is 2.62. The van der Waals surface area contributed by atoms with Crippen molar-refractivity contribution < 1.29 is 0 Å². The average Bonchev–Trinajstić information content (AvgIpc) is 2.46. The zero-order chi connectivity index (χ0) is 12.8. The highest BCUT2D eigenvalue weighted by Crippen LogP contribution is 2.11. The molecule has 0 aliphatic carbocycles. The predicted octanol–water partition coefficient (Wildman–Crippen LogP) is 2.07. The number of pyridine rings is 1. The quantitative estimate of drug-likeness (QED) is 0.855. The van der Waals surface area contributed by atoms with Gasteiger partial charge in [0.2, 0.25) is 0 Å². The van der Waals surface area contributed by atoms with Gasteiger partial charge in [-0.1, -0.05) is 30.3 Å². The van der Waals surface area contributed by atoms with Gasteiger partial charge in [0.15, 0.2) is 0 Å². The van der Waals surface area contributed by atoms with E-state index in [4.69, 9.17) is 11.0 Å². The highest BCUT2D eigenvalue weighted by atomic mass is 15.0. The van der Waals surface area contributed by atoms with Gasteiger partial charge in [0, 0.05) is 18.8 Å². The van der Waals surface area contributed by atoms with Crippen LogP contribution in [0.15, 0.2) is 48.7 Å². The Morgan fingerprint density at radius 1 is 1.28 bits per heavy atom. The van der Waals surface area contributed by atoms with Crippen molar-refractivity contribution in [3.63, 3.8) is 0 Å². The van der Waals surface area contributed by atoms with E-state index in [0.717, 1.165) is 5.56 Å². The first-order valence-corrected chi connectivity index (χ1v) is 5.70. The third-order valence-corrected chi connectivity index (χ3v) is 2.62. The van der Waals surface area contributed by atoms with Crippen LogP contribution in [-0.4, -0.2) is 11.5 Å². The molecule has 1 heterocycles. The summed E-state index contributed by atoms with van der Waals surface area (Å²) >= 11 is 0. The molecule has 0 amide bonds. The van der Waals surface area contributed by atoms with Crippen molar-refractivity contribution in [2.24, 2.45) is 5.73 Å². The van der Waals surface area contributed by atoms with Gasteiger partial charge < -0.3 is 11.1 Å². The summed E-state index contributed by atoms with van der Waals surface area (Å²) in [7, 11) is 0. The molecule has 3 N–H and O–H groups in total. The van der Waals surface area contributed by atoms with Gasteiger partial charge in [-0.2, -0.15) is 5.26 Å². The van der Waals surface area contributed by atoms with E-state index in [1.165, 1.54) is 0 Å². The predicted molar refractivity (Wildman–Crippen MR) is 70.8 cm³/mol. The van der Waals surface area contributed by atoms with E-state index < -0.39 is 0 Å². The van der Waals surface area contributed by atoms with Crippen LogP contribution in [0.1, 0.15) is 17.2 Å². The first kappa shape index (κ1) is 12.1. The molecule has 0 aliphatic rings. The number of nitriles is 1. The molecule has 90 valence electrons. The second-order valence-electron chi connectivity index (χ2n) is 3.94. The number of nitrogens with zero attached hydrogens (tertiary/aromatic N) is 2. The van der Waals surface area contributed by atoms with Crippen LogP contribution in [0.4, 0.5) is 5.82 Å². The van der Waals surface area contributed by atoms with Gasteiger partial charge in [-0.15, -0.1) is 0 Å². The molecule has 0 bridgehead atoms. The van der Waals surface area contributed by atoms with Crippen molar-refractivity contribution >= 4 is 5.82 Å². The maximum atomic E-state index is 8.79. The lowest BCUT2D eigenvalue weighted by Crippen LogP contribution is -2.20. The second-order valence-corrected chi connectivity index (χ2v) is 3.94. The summed E-state index contributed by atoms with van der Waals surface area (Å²) in [5, 5.41) is 11.9. The molecule has 0 aliphatic heterocycles. The van der Waals surface area contributed by atoms with E-state index in [1.54, 1.807) is 18.3 Å². The summed E-state index contributed by atoms with van der Waals surface area (Å²) in [4.78, 5) is 4.14. The van der Waals surface area contributed by atoms with E-state index in [-0.39, 0.29) is 6.04 Å². The second kappa shape index (κ2) is 5.80. The monoisotopic (exact) mass is 238 g/mol.